The Labute approximate surface area is 71.7 Å². The fraction of sp³-hybridized carbons (Fsp3) is 0.556. The lowest BCUT2D eigenvalue weighted by Crippen LogP contribution is -2.08. The van der Waals surface area contributed by atoms with Crippen molar-refractivity contribution in [3.63, 3.8) is 0 Å². The molecule has 3 nitrogen and oxygen atoms in total. The fourth-order valence-corrected chi connectivity index (χ4v) is 1.37. The first-order valence-electron chi connectivity index (χ1n) is 4.30. The molecule has 0 unspecified atom stereocenters. The number of nitrogens with one attached hydrogen (secondary N) is 1. The Bertz CT molecular complexity index is 214. The summed E-state index contributed by atoms with van der Waals surface area (Å²) in [7, 11) is 0. The minimum Gasteiger partial charge on any atom is -0.367 e. The molecule has 0 aliphatic carbocycles. The molecule has 12 heavy (non-hydrogen) atoms. The molecule has 66 valence electrons. The van der Waals surface area contributed by atoms with Crippen LogP contribution in [0.25, 0.3) is 0 Å². The highest BCUT2D eigenvalue weighted by molar-refractivity contribution is 5.08. The van der Waals surface area contributed by atoms with E-state index in [4.69, 9.17) is 9.47 Å². The molecular formula is C9H13NO2. The maximum atomic E-state index is 5.32. The standard InChI is InChI=1S/C9H13NO2/c1(8-3-4-10-7-8)2-9-11-5-6-12-9/h3-4,7,9-10H,1-2,5-6H2. The van der Waals surface area contributed by atoms with Gasteiger partial charge in [0.2, 0.25) is 0 Å². The molecule has 0 bridgehead atoms. The Hall–Kier alpha value is -0.800. The number of H-pyrrole nitrogens is 1. The van der Waals surface area contributed by atoms with E-state index in [9.17, 15) is 0 Å². The molecule has 0 aromatic carbocycles. The number of rotatable bonds is 3. The van der Waals surface area contributed by atoms with Gasteiger partial charge in [-0.25, -0.2) is 0 Å². The maximum Gasteiger partial charge on any atom is 0.158 e. The number of aryl methyl sites for hydroxylation is 1. The summed E-state index contributed by atoms with van der Waals surface area (Å²) in [6, 6.07) is 2.08. The van der Waals surface area contributed by atoms with E-state index in [1.807, 2.05) is 12.4 Å². The molecule has 1 aliphatic heterocycles. The lowest BCUT2D eigenvalue weighted by molar-refractivity contribution is -0.0461. The Balaban J connectivity index is 1.74. The van der Waals surface area contributed by atoms with E-state index in [0.29, 0.717) is 0 Å². The molecule has 0 atom stereocenters. The maximum absolute atomic E-state index is 5.32. The van der Waals surface area contributed by atoms with Gasteiger partial charge in [0.15, 0.2) is 6.29 Å². The first kappa shape index (κ1) is 7.83. The predicted octanol–water partition coefficient (Wildman–Crippen LogP) is 1.32. The van der Waals surface area contributed by atoms with Crippen LogP contribution in [0.5, 0.6) is 0 Å². The van der Waals surface area contributed by atoms with E-state index < -0.39 is 0 Å². The van der Waals surface area contributed by atoms with Crippen LogP contribution < -0.4 is 0 Å². The van der Waals surface area contributed by atoms with Crippen molar-refractivity contribution in [1.29, 1.82) is 0 Å². The van der Waals surface area contributed by atoms with Gasteiger partial charge in [-0.2, -0.15) is 0 Å². The average molecular weight is 167 g/mol. The SMILES string of the molecule is c1cc(CCC2OCCO2)c[nH]1. The minimum absolute atomic E-state index is 0.0277. The molecule has 0 amide bonds. The molecule has 1 aromatic heterocycles. The van der Waals surface area contributed by atoms with E-state index in [1.165, 1.54) is 5.56 Å². The second-order valence-electron chi connectivity index (χ2n) is 2.93. The predicted molar refractivity (Wildman–Crippen MR) is 44.8 cm³/mol. The molecule has 0 radical (unpaired) electrons. The fourth-order valence-electron chi connectivity index (χ4n) is 1.37. The highest BCUT2D eigenvalue weighted by atomic mass is 16.7. The number of aromatic amines is 1. The normalized spacial score (nSPS) is 18.7. The second-order valence-corrected chi connectivity index (χ2v) is 2.93. The molecule has 1 aliphatic rings. The number of ether oxygens (including phenoxy) is 2. The summed E-state index contributed by atoms with van der Waals surface area (Å²) < 4.78 is 10.6. The summed E-state index contributed by atoms with van der Waals surface area (Å²) in [6.45, 7) is 1.50. The Morgan fingerprint density at radius 1 is 1.42 bits per heavy atom. The number of hydrogen-bond donors (Lipinski definition) is 1. The van der Waals surface area contributed by atoms with Crippen LogP contribution in [0.3, 0.4) is 0 Å². The topological polar surface area (TPSA) is 34.2 Å². The van der Waals surface area contributed by atoms with Gasteiger partial charge < -0.3 is 14.5 Å². The lowest BCUT2D eigenvalue weighted by atomic mass is 10.2. The van der Waals surface area contributed by atoms with Gasteiger partial charge in [0, 0.05) is 18.8 Å². The first-order chi connectivity index (χ1) is 5.95. The van der Waals surface area contributed by atoms with E-state index >= 15 is 0 Å². The van der Waals surface area contributed by atoms with Gasteiger partial charge in [-0.05, 0) is 18.1 Å². The summed E-state index contributed by atoms with van der Waals surface area (Å²) in [5, 5.41) is 0. The third kappa shape index (κ3) is 1.87. The number of aromatic nitrogens is 1. The summed E-state index contributed by atoms with van der Waals surface area (Å²) in [5.41, 5.74) is 1.31. The molecular weight excluding hydrogens is 154 g/mol. The van der Waals surface area contributed by atoms with Crippen molar-refractivity contribution in [2.45, 2.75) is 19.1 Å². The van der Waals surface area contributed by atoms with Crippen LogP contribution >= 0.6 is 0 Å². The second kappa shape index (κ2) is 3.74. The van der Waals surface area contributed by atoms with Gasteiger partial charge in [-0.3, -0.25) is 0 Å². The molecule has 1 N–H and O–H groups in total. The highest BCUT2D eigenvalue weighted by Crippen LogP contribution is 2.11. The van der Waals surface area contributed by atoms with Crippen molar-refractivity contribution in [2.24, 2.45) is 0 Å². The quantitative estimate of drug-likeness (QED) is 0.736. The van der Waals surface area contributed by atoms with Crippen molar-refractivity contribution in [1.82, 2.24) is 4.98 Å². The zero-order chi connectivity index (χ0) is 8.23. The van der Waals surface area contributed by atoms with Crippen LogP contribution in [-0.2, 0) is 15.9 Å². The summed E-state index contributed by atoms with van der Waals surface area (Å²) >= 11 is 0. The van der Waals surface area contributed by atoms with Crippen molar-refractivity contribution in [3.05, 3.63) is 24.0 Å². The van der Waals surface area contributed by atoms with Crippen LogP contribution in [0.4, 0.5) is 0 Å². The van der Waals surface area contributed by atoms with Gasteiger partial charge in [0.25, 0.3) is 0 Å². The monoisotopic (exact) mass is 167 g/mol. The first-order valence-corrected chi connectivity index (χ1v) is 4.30. The minimum atomic E-state index is 0.0277. The van der Waals surface area contributed by atoms with Crippen molar-refractivity contribution in [3.8, 4) is 0 Å². The summed E-state index contributed by atoms with van der Waals surface area (Å²) in [4.78, 5) is 3.02. The molecule has 3 heteroatoms. The van der Waals surface area contributed by atoms with Crippen molar-refractivity contribution >= 4 is 0 Å². The van der Waals surface area contributed by atoms with Crippen LogP contribution in [0.2, 0.25) is 0 Å². The van der Waals surface area contributed by atoms with Crippen LogP contribution in [0.15, 0.2) is 18.5 Å². The molecule has 1 fully saturated rings. The van der Waals surface area contributed by atoms with E-state index in [-0.39, 0.29) is 6.29 Å². The van der Waals surface area contributed by atoms with Crippen LogP contribution in [0, 0.1) is 0 Å². The molecule has 1 aromatic rings. The van der Waals surface area contributed by atoms with Gasteiger partial charge in [-0.1, -0.05) is 0 Å². The summed E-state index contributed by atoms with van der Waals surface area (Å²) in [5.74, 6) is 0. The third-order valence-electron chi connectivity index (χ3n) is 2.02. The van der Waals surface area contributed by atoms with Crippen LogP contribution in [0.1, 0.15) is 12.0 Å². The van der Waals surface area contributed by atoms with E-state index in [1.54, 1.807) is 0 Å². The Morgan fingerprint density at radius 3 is 2.92 bits per heavy atom. The zero-order valence-electron chi connectivity index (χ0n) is 6.95. The van der Waals surface area contributed by atoms with Crippen molar-refractivity contribution in [2.75, 3.05) is 13.2 Å². The average Bonchev–Trinajstić information content (AvgIpc) is 2.74. The van der Waals surface area contributed by atoms with Gasteiger partial charge in [-0.15, -0.1) is 0 Å². The molecule has 1 saturated heterocycles. The Kier molecular flexibility index (Phi) is 2.44. The molecule has 0 saturated carbocycles. The smallest absolute Gasteiger partial charge is 0.158 e. The van der Waals surface area contributed by atoms with E-state index in [0.717, 1.165) is 26.1 Å². The van der Waals surface area contributed by atoms with Gasteiger partial charge in [0.05, 0.1) is 13.2 Å². The molecule has 0 spiro atoms. The van der Waals surface area contributed by atoms with Gasteiger partial charge >= 0.3 is 0 Å². The Morgan fingerprint density at radius 2 is 2.25 bits per heavy atom. The lowest BCUT2D eigenvalue weighted by Gasteiger charge is -2.06. The largest absolute Gasteiger partial charge is 0.367 e. The third-order valence-corrected chi connectivity index (χ3v) is 2.02. The number of hydrogen-bond acceptors (Lipinski definition) is 2. The van der Waals surface area contributed by atoms with Crippen molar-refractivity contribution < 1.29 is 9.47 Å². The summed E-state index contributed by atoms with van der Waals surface area (Å²) in [6.07, 6.45) is 5.95. The highest BCUT2D eigenvalue weighted by Gasteiger charge is 2.15. The molecule has 2 rings (SSSR count). The van der Waals surface area contributed by atoms with Crippen LogP contribution in [-0.4, -0.2) is 24.5 Å². The van der Waals surface area contributed by atoms with Gasteiger partial charge in [0.1, 0.15) is 0 Å². The van der Waals surface area contributed by atoms with E-state index in [2.05, 4.69) is 11.1 Å². The zero-order valence-corrected chi connectivity index (χ0v) is 6.95. The molecule has 2 heterocycles.